The van der Waals surface area contributed by atoms with Gasteiger partial charge in [0, 0.05) is 11.0 Å². The van der Waals surface area contributed by atoms with Gasteiger partial charge in [0.15, 0.2) is 0 Å². The SMILES string of the molecule is CCNc1cncc(C(=O)Nc2ccc(Br)cc2C#N)n1. The molecule has 0 fully saturated rings. The zero-order valence-electron chi connectivity index (χ0n) is 11.2. The second kappa shape index (κ2) is 6.81. The number of carbonyl (C=O) groups excluding carboxylic acids is 1. The topological polar surface area (TPSA) is 90.7 Å². The van der Waals surface area contributed by atoms with Crippen molar-refractivity contribution in [2.45, 2.75) is 6.92 Å². The normalized spacial score (nSPS) is 9.76. The summed E-state index contributed by atoms with van der Waals surface area (Å²) in [6, 6.07) is 7.07. The number of nitrogens with zero attached hydrogens (tertiary/aromatic N) is 3. The number of halogens is 1. The Kier molecular flexibility index (Phi) is 4.85. The van der Waals surface area contributed by atoms with Crippen molar-refractivity contribution in [1.82, 2.24) is 9.97 Å². The molecule has 0 aliphatic heterocycles. The largest absolute Gasteiger partial charge is 0.369 e. The number of benzene rings is 1. The second-order valence-corrected chi connectivity index (χ2v) is 4.99. The van der Waals surface area contributed by atoms with Crippen LogP contribution in [0.3, 0.4) is 0 Å². The zero-order chi connectivity index (χ0) is 15.2. The molecule has 0 aliphatic rings. The van der Waals surface area contributed by atoms with Crippen molar-refractivity contribution in [3.8, 4) is 6.07 Å². The summed E-state index contributed by atoms with van der Waals surface area (Å²) >= 11 is 3.28. The first-order chi connectivity index (χ1) is 10.1. The molecular formula is C14H12BrN5O. The van der Waals surface area contributed by atoms with Gasteiger partial charge in [0.1, 0.15) is 17.6 Å². The number of amides is 1. The molecule has 0 radical (unpaired) electrons. The molecule has 0 bridgehead atoms. The molecular weight excluding hydrogens is 334 g/mol. The van der Waals surface area contributed by atoms with Crippen LogP contribution in [0, 0.1) is 11.3 Å². The van der Waals surface area contributed by atoms with Crippen molar-refractivity contribution in [1.29, 1.82) is 5.26 Å². The van der Waals surface area contributed by atoms with E-state index in [0.717, 1.165) is 4.47 Å². The van der Waals surface area contributed by atoms with Crippen molar-refractivity contribution in [3.63, 3.8) is 0 Å². The van der Waals surface area contributed by atoms with Crippen LogP contribution in [0.5, 0.6) is 0 Å². The van der Waals surface area contributed by atoms with E-state index in [1.165, 1.54) is 6.20 Å². The van der Waals surface area contributed by atoms with Gasteiger partial charge >= 0.3 is 0 Å². The Morgan fingerprint density at radius 3 is 2.95 bits per heavy atom. The molecule has 2 aromatic rings. The van der Waals surface area contributed by atoms with Gasteiger partial charge in [-0.05, 0) is 25.1 Å². The summed E-state index contributed by atoms with van der Waals surface area (Å²) < 4.78 is 0.769. The summed E-state index contributed by atoms with van der Waals surface area (Å²) in [5, 5.41) is 14.7. The number of nitriles is 1. The van der Waals surface area contributed by atoms with E-state index >= 15 is 0 Å². The van der Waals surface area contributed by atoms with Crippen molar-refractivity contribution in [2.24, 2.45) is 0 Å². The van der Waals surface area contributed by atoms with Gasteiger partial charge in [-0.2, -0.15) is 5.26 Å². The van der Waals surface area contributed by atoms with Gasteiger partial charge in [-0.1, -0.05) is 15.9 Å². The summed E-state index contributed by atoms with van der Waals surface area (Å²) in [5.74, 6) is 0.113. The molecule has 2 N–H and O–H groups in total. The van der Waals surface area contributed by atoms with E-state index in [2.05, 4.69) is 36.5 Å². The zero-order valence-corrected chi connectivity index (χ0v) is 12.8. The lowest BCUT2D eigenvalue weighted by atomic mass is 10.2. The van der Waals surface area contributed by atoms with E-state index in [1.807, 2.05) is 13.0 Å². The lowest BCUT2D eigenvalue weighted by Crippen LogP contribution is -2.16. The second-order valence-electron chi connectivity index (χ2n) is 4.08. The fraction of sp³-hybridized carbons (Fsp3) is 0.143. The Morgan fingerprint density at radius 2 is 2.24 bits per heavy atom. The number of hydrogen-bond acceptors (Lipinski definition) is 5. The van der Waals surface area contributed by atoms with Crippen molar-refractivity contribution >= 4 is 33.3 Å². The van der Waals surface area contributed by atoms with E-state index in [9.17, 15) is 4.79 Å². The van der Waals surface area contributed by atoms with Gasteiger partial charge in [-0.15, -0.1) is 0 Å². The van der Waals surface area contributed by atoms with E-state index < -0.39 is 5.91 Å². The summed E-state index contributed by atoms with van der Waals surface area (Å²) in [4.78, 5) is 20.3. The smallest absolute Gasteiger partial charge is 0.275 e. The van der Waals surface area contributed by atoms with Gasteiger partial charge in [0.05, 0.1) is 23.6 Å². The third-order valence-electron chi connectivity index (χ3n) is 2.58. The molecule has 1 heterocycles. The third-order valence-corrected chi connectivity index (χ3v) is 3.07. The van der Waals surface area contributed by atoms with Crippen LogP contribution in [0.2, 0.25) is 0 Å². The molecule has 0 unspecified atom stereocenters. The van der Waals surface area contributed by atoms with Crippen molar-refractivity contribution in [2.75, 3.05) is 17.2 Å². The lowest BCUT2D eigenvalue weighted by Gasteiger charge is -2.08. The van der Waals surface area contributed by atoms with Crippen LogP contribution in [-0.4, -0.2) is 22.4 Å². The van der Waals surface area contributed by atoms with Crippen molar-refractivity contribution < 1.29 is 4.79 Å². The van der Waals surface area contributed by atoms with Crippen LogP contribution in [0.4, 0.5) is 11.5 Å². The number of nitrogens with one attached hydrogen (secondary N) is 2. The fourth-order valence-corrected chi connectivity index (χ4v) is 2.01. The van der Waals surface area contributed by atoms with Gasteiger partial charge in [-0.3, -0.25) is 9.78 Å². The Balaban J connectivity index is 2.22. The molecule has 2 rings (SSSR count). The minimum Gasteiger partial charge on any atom is -0.369 e. The quantitative estimate of drug-likeness (QED) is 0.888. The molecule has 1 aromatic heterocycles. The van der Waals surface area contributed by atoms with Crippen LogP contribution >= 0.6 is 15.9 Å². The molecule has 21 heavy (non-hydrogen) atoms. The highest BCUT2D eigenvalue weighted by Crippen LogP contribution is 2.20. The average Bonchev–Trinajstić information content (AvgIpc) is 2.49. The minimum absolute atomic E-state index is 0.181. The Morgan fingerprint density at radius 1 is 1.43 bits per heavy atom. The first-order valence-electron chi connectivity index (χ1n) is 6.21. The Labute approximate surface area is 130 Å². The lowest BCUT2D eigenvalue weighted by molar-refractivity contribution is 0.102. The summed E-state index contributed by atoms with van der Waals surface area (Å²) in [6.07, 6.45) is 2.92. The van der Waals surface area contributed by atoms with Crippen LogP contribution in [0.25, 0.3) is 0 Å². The minimum atomic E-state index is -0.416. The molecule has 106 valence electrons. The molecule has 0 saturated carbocycles. The molecule has 1 aromatic carbocycles. The van der Waals surface area contributed by atoms with Crippen LogP contribution in [0.15, 0.2) is 35.1 Å². The molecule has 1 amide bonds. The molecule has 0 aliphatic carbocycles. The highest BCUT2D eigenvalue weighted by Gasteiger charge is 2.12. The van der Waals surface area contributed by atoms with Crippen LogP contribution in [-0.2, 0) is 0 Å². The van der Waals surface area contributed by atoms with E-state index in [4.69, 9.17) is 5.26 Å². The summed E-state index contributed by atoms with van der Waals surface area (Å²) in [5.41, 5.74) is 0.982. The van der Waals surface area contributed by atoms with E-state index in [0.29, 0.717) is 23.6 Å². The van der Waals surface area contributed by atoms with Crippen molar-refractivity contribution in [3.05, 3.63) is 46.3 Å². The summed E-state index contributed by atoms with van der Waals surface area (Å²) in [7, 11) is 0. The Hall–Kier alpha value is -2.46. The number of anilines is 2. The van der Waals surface area contributed by atoms with E-state index in [1.54, 1.807) is 24.4 Å². The highest BCUT2D eigenvalue weighted by molar-refractivity contribution is 9.10. The monoisotopic (exact) mass is 345 g/mol. The number of aromatic nitrogens is 2. The van der Waals surface area contributed by atoms with Crippen LogP contribution < -0.4 is 10.6 Å². The predicted octanol–water partition coefficient (Wildman–Crippen LogP) is 2.79. The first kappa shape index (κ1) is 14.9. The van der Waals surface area contributed by atoms with Gasteiger partial charge in [0.25, 0.3) is 5.91 Å². The molecule has 0 atom stereocenters. The third kappa shape index (κ3) is 3.77. The number of carbonyl (C=O) groups is 1. The van der Waals surface area contributed by atoms with Gasteiger partial charge < -0.3 is 10.6 Å². The fourth-order valence-electron chi connectivity index (χ4n) is 1.65. The number of rotatable bonds is 4. The van der Waals surface area contributed by atoms with Crippen LogP contribution in [0.1, 0.15) is 23.0 Å². The average molecular weight is 346 g/mol. The maximum Gasteiger partial charge on any atom is 0.275 e. The molecule has 0 saturated heterocycles. The van der Waals surface area contributed by atoms with E-state index in [-0.39, 0.29) is 5.69 Å². The standard InChI is InChI=1S/C14H12BrN5O/c1-2-18-13-8-17-7-12(19-13)14(21)20-11-4-3-10(15)5-9(11)6-16/h3-5,7-8H,2H2,1H3,(H,18,19)(H,20,21). The molecule has 6 nitrogen and oxygen atoms in total. The highest BCUT2D eigenvalue weighted by atomic mass is 79.9. The maximum atomic E-state index is 12.2. The first-order valence-corrected chi connectivity index (χ1v) is 7.00. The predicted molar refractivity (Wildman–Crippen MR) is 83.0 cm³/mol. The molecule has 0 spiro atoms. The molecule has 7 heteroatoms. The van der Waals surface area contributed by atoms with Gasteiger partial charge in [0.2, 0.25) is 0 Å². The van der Waals surface area contributed by atoms with Gasteiger partial charge in [-0.25, -0.2) is 4.98 Å². The summed E-state index contributed by atoms with van der Waals surface area (Å²) in [6.45, 7) is 2.61. The number of hydrogen-bond donors (Lipinski definition) is 2. The Bertz CT molecular complexity index is 711. The maximum absolute atomic E-state index is 12.2.